The van der Waals surface area contributed by atoms with Gasteiger partial charge in [-0.15, -0.1) is 0 Å². The molecule has 35 heavy (non-hydrogen) atoms. The number of ether oxygens (including phenoxy) is 6. The molecule has 10 heteroatoms. The van der Waals surface area contributed by atoms with Gasteiger partial charge in [-0.05, 0) is 31.9 Å². The van der Waals surface area contributed by atoms with Crippen LogP contribution in [0.1, 0.15) is 30.3 Å². The van der Waals surface area contributed by atoms with Gasteiger partial charge >= 0.3 is 5.97 Å². The summed E-state index contributed by atoms with van der Waals surface area (Å²) in [6, 6.07) is 3.55. The summed E-state index contributed by atoms with van der Waals surface area (Å²) in [4.78, 5) is 23.4. The minimum atomic E-state index is -0.413. The van der Waals surface area contributed by atoms with E-state index in [2.05, 4.69) is 14.9 Å². The number of hydrogen-bond donors (Lipinski definition) is 0. The lowest BCUT2D eigenvalue weighted by Crippen LogP contribution is -2.38. The van der Waals surface area contributed by atoms with Crippen molar-refractivity contribution >= 4 is 22.6 Å². The van der Waals surface area contributed by atoms with Gasteiger partial charge in [-0.2, -0.15) is 0 Å². The molecular formula is C25H33N3O7. The summed E-state index contributed by atoms with van der Waals surface area (Å²) in [5.74, 6) is -0.413. The summed E-state index contributed by atoms with van der Waals surface area (Å²) in [5.41, 5.74) is 2.00. The smallest absolute Gasteiger partial charge is 0.356 e. The van der Waals surface area contributed by atoms with Crippen molar-refractivity contribution < 1.29 is 33.2 Å². The first kappa shape index (κ1) is 24.3. The molecule has 3 fully saturated rings. The van der Waals surface area contributed by atoms with E-state index in [-0.39, 0.29) is 30.5 Å². The van der Waals surface area contributed by atoms with Crippen LogP contribution in [0, 0.1) is 0 Å². The fraction of sp³-hybridized carbons (Fsp3) is 0.640. The molecule has 2 aromatic rings. The Morgan fingerprint density at radius 1 is 1.06 bits per heavy atom. The zero-order valence-electron chi connectivity index (χ0n) is 20.3. The van der Waals surface area contributed by atoms with Crippen LogP contribution in [0.4, 0.5) is 5.69 Å². The van der Waals surface area contributed by atoms with Crippen molar-refractivity contribution in [3.05, 3.63) is 30.2 Å². The Morgan fingerprint density at radius 3 is 2.57 bits per heavy atom. The SMILES string of the molecule is CCOC(=O)c1ccc2cncc(N3CCC(OCCOC4COC5C(OC)COC45)CC3)c2n1. The van der Waals surface area contributed by atoms with E-state index in [0.717, 1.165) is 42.5 Å². The number of esters is 1. The van der Waals surface area contributed by atoms with Crippen LogP contribution in [-0.4, -0.2) is 99.7 Å². The first-order valence-corrected chi connectivity index (χ1v) is 12.3. The average molecular weight is 488 g/mol. The second-order valence-corrected chi connectivity index (χ2v) is 8.98. The number of aromatic nitrogens is 2. The maximum absolute atomic E-state index is 12.2. The Balaban J connectivity index is 1.10. The van der Waals surface area contributed by atoms with Crippen molar-refractivity contribution in [2.45, 2.75) is 50.3 Å². The topological polar surface area (TPSA) is 101 Å². The number of rotatable bonds is 9. The highest BCUT2D eigenvalue weighted by Gasteiger charge is 2.48. The number of methoxy groups -OCH3 is 1. The van der Waals surface area contributed by atoms with Crippen molar-refractivity contribution in [1.82, 2.24) is 9.97 Å². The highest BCUT2D eigenvalue weighted by Crippen LogP contribution is 2.30. The van der Waals surface area contributed by atoms with E-state index in [1.165, 1.54) is 0 Å². The number of anilines is 1. The van der Waals surface area contributed by atoms with E-state index in [0.29, 0.717) is 38.7 Å². The van der Waals surface area contributed by atoms with Crippen molar-refractivity contribution in [3.8, 4) is 0 Å². The van der Waals surface area contributed by atoms with Gasteiger partial charge in [0.1, 0.15) is 30.1 Å². The Bertz CT molecular complexity index is 1010. The molecule has 5 rings (SSSR count). The third-order valence-electron chi connectivity index (χ3n) is 6.88. The summed E-state index contributed by atoms with van der Waals surface area (Å²) < 4.78 is 34.2. The number of fused-ring (bicyclic) bond motifs is 2. The molecule has 3 aliphatic rings. The Morgan fingerprint density at radius 2 is 1.80 bits per heavy atom. The summed E-state index contributed by atoms with van der Waals surface area (Å²) in [6.45, 7) is 5.86. The Hall–Kier alpha value is -2.37. The quantitative estimate of drug-likeness (QED) is 0.385. The zero-order valence-corrected chi connectivity index (χ0v) is 20.3. The predicted molar refractivity (Wildman–Crippen MR) is 127 cm³/mol. The fourth-order valence-corrected chi connectivity index (χ4v) is 5.03. The maximum atomic E-state index is 12.2. The van der Waals surface area contributed by atoms with Crippen LogP contribution in [0.15, 0.2) is 24.5 Å². The van der Waals surface area contributed by atoms with E-state index in [4.69, 9.17) is 28.4 Å². The van der Waals surface area contributed by atoms with Crippen LogP contribution in [0.2, 0.25) is 0 Å². The molecule has 190 valence electrons. The lowest BCUT2D eigenvalue weighted by atomic mass is 10.1. The van der Waals surface area contributed by atoms with Crippen LogP contribution in [-0.2, 0) is 28.4 Å². The van der Waals surface area contributed by atoms with E-state index in [9.17, 15) is 4.79 Å². The molecule has 0 aromatic carbocycles. The lowest BCUT2D eigenvalue weighted by Gasteiger charge is -2.33. The molecule has 4 atom stereocenters. The minimum Gasteiger partial charge on any atom is -0.461 e. The number of hydrogen-bond acceptors (Lipinski definition) is 10. The van der Waals surface area contributed by atoms with Gasteiger partial charge in [-0.1, -0.05) is 0 Å². The van der Waals surface area contributed by atoms with E-state index < -0.39 is 5.97 Å². The number of carbonyl (C=O) groups is 1. The number of pyridine rings is 2. The summed E-state index contributed by atoms with van der Waals surface area (Å²) in [5, 5.41) is 0.896. The van der Waals surface area contributed by atoms with Gasteiger partial charge in [0.15, 0.2) is 0 Å². The number of carbonyl (C=O) groups excluding carboxylic acids is 1. The van der Waals surface area contributed by atoms with Gasteiger partial charge in [0.2, 0.25) is 0 Å². The van der Waals surface area contributed by atoms with Gasteiger partial charge in [-0.3, -0.25) is 4.98 Å². The third kappa shape index (κ3) is 5.26. The van der Waals surface area contributed by atoms with E-state index >= 15 is 0 Å². The largest absolute Gasteiger partial charge is 0.461 e. The van der Waals surface area contributed by atoms with E-state index in [1.807, 2.05) is 12.3 Å². The lowest BCUT2D eigenvalue weighted by molar-refractivity contribution is -0.0670. The molecule has 3 aliphatic heterocycles. The first-order chi connectivity index (χ1) is 17.2. The predicted octanol–water partition coefficient (Wildman–Crippen LogP) is 1.99. The second kappa shape index (κ2) is 11.1. The van der Waals surface area contributed by atoms with Crippen molar-refractivity contribution in [1.29, 1.82) is 0 Å². The molecule has 0 N–H and O–H groups in total. The molecule has 5 heterocycles. The molecule has 0 spiro atoms. The van der Waals surface area contributed by atoms with Crippen molar-refractivity contribution in [2.24, 2.45) is 0 Å². The Labute approximate surface area is 204 Å². The molecule has 2 aromatic heterocycles. The highest BCUT2D eigenvalue weighted by molar-refractivity contribution is 5.95. The standard InChI is InChI=1S/C25H33N3O7/c1-3-31-25(29)18-5-4-16-12-26-13-19(22(16)27-18)28-8-6-17(7-9-28)32-10-11-33-21-15-35-23-20(30-2)14-34-24(21)23/h4-5,12-13,17,20-21,23-24H,3,6-11,14-15H2,1-2H3. The molecule has 4 unspecified atom stereocenters. The van der Waals surface area contributed by atoms with Crippen molar-refractivity contribution in [2.75, 3.05) is 58.1 Å². The fourth-order valence-electron chi connectivity index (χ4n) is 5.03. The summed E-state index contributed by atoms with van der Waals surface area (Å²) in [6.07, 6.45) is 5.35. The molecule has 0 radical (unpaired) electrons. The molecule has 3 saturated heterocycles. The third-order valence-corrected chi connectivity index (χ3v) is 6.88. The normalized spacial score (nSPS) is 26.9. The highest BCUT2D eigenvalue weighted by atomic mass is 16.6. The van der Waals surface area contributed by atoms with Crippen LogP contribution in [0.5, 0.6) is 0 Å². The molecular weight excluding hydrogens is 454 g/mol. The van der Waals surface area contributed by atoms with Gasteiger partial charge in [0.25, 0.3) is 0 Å². The zero-order chi connectivity index (χ0) is 24.2. The van der Waals surface area contributed by atoms with Gasteiger partial charge < -0.3 is 33.3 Å². The molecule has 10 nitrogen and oxygen atoms in total. The average Bonchev–Trinajstić information content (AvgIpc) is 3.49. The number of piperidine rings is 1. The van der Waals surface area contributed by atoms with E-state index in [1.54, 1.807) is 26.3 Å². The monoisotopic (exact) mass is 487 g/mol. The van der Waals surface area contributed by atoms with Gasteiger partial charge in [-0.25, -0.2) is 9.78 Å². The van der Waals surface area contributed by atoms with Crippen LogP contribution in [0.3, 0.4) is 0 Å². The van der Waals surface area contributed by atoms with Crippen LogP contribution < -0.4 is 4.90 Å². The number of nitrogens with zero attached hydrogens (tertiary/aromatic N) is 3. The van der Waals surface area contributed by atoms with Gasteiger partial charge in [0, 0.05) is 31.8 Å². The Kier molecular flexibility index (Phi) is 7.74. The summed E-state index contributed by atoms with van der Waals surface area (Å²) in [7, 11) is 1.68. The molecule has 0 saturated carbocycles. The molecule has 0 aliphatic carbocycles. The first-order valence-electron chi connectivity index (χ1n) is 12.3. The maximum Gasteiger partial charge on any atom is 0.356 e. The van der Waals surface area contributed by atoms with Crippen LogP contribution >= 0.6 is 0 Å². The van der Waals surface area contributed by atoms with Gasteiger partial charge in [0.05, 0.1) is 56.5 Å². The second-order valence-electron chi connectivity index (χ2n) is 8.98. The minimum absolute atomic E-state index is 0.0149. The van der Waals surface area contributed by atoms with Crippen LogP contribution in [0.25, 0.3) is 10.9 Å². The molecule has 0 amide bonds. The van der Waals surface area contributed by atoms with Crippen molar-refractivity contribution in [3.63, 3.8) is 0 Å². The molecule has 0 bridgehead atoms. The summed E-state index contributed by atoms with van der Waals surface area (Å²) >= 11 is 0.